The molecule has 0 bridgehead atoms. The molecule has 0 aromatic carbocycles. The summed E-state index contributed by atoms with van der Waals surface area (Å²) in [6.07, 6.45) is 2.37. The summed E-state index contributed by atoms with van der Waals surface area (Å²) in [5, 5.41) is 0. The Labute approximate surface area is 60.6 Å². The summed E-state index contributed by atoms with van der Waals surface area (Å²) in [5.74, 6) is 0.498. The average molecular weight is 164 g/mol. The third-order valence-corrected chi connectivity index (χ3v) is 3.56. The lowest BCUT2D eigenvalue weighted by Crippen LogP contribution is -2.01. The van der Waals surface area contributed by atoms with Gasteiger partial charge in [0, 0.05) is 0 Å². The van der Waals surface area contributed by atoms with Crippen molar-refractivity contribution >= 4 is 7.60 Å². The predicted octanol–water partition coefficient (Wildman–Crippen LogP) is 1.35. The maximum atomic E-state index is 10.7. The average Bonchev–Trinajstić information content (AvgIpc) is 2.11. The van der Waals surface area contributed by atoms with Crippen LogP contribution < -0.4 is 0 Å². The molecule has 0 amide bonds. The molecule has 1 fully saturated rings. The van der Waals surface area contributed by atoms with Crippen LogP contribution in [0.5, 0.6) is 0 Å². The SMILES string of the molecule is CC1CCC(P(=O)(O)O)C1. The maximum Gasteiger partial charge on any atom is 0.328 e. The zero-order chi connectivity index (χ0) is 7.78. The van der Waals surface area contributed by atoms with Crippen LogP contribution in [0.25, 0.3) is 0 Å². The van der Waals surface area contributed by atoms with Gasteiger partial charge in [-0.1, -0.05) is 6.92 Å². The van der Waals surface area contributed by atoms with Gasteiger partial charge in [0.15, 0.2) is 0 Å². The van der Waals surface area contributed by atoms with E-state index >= 15 is 0 Å². The summed E-state index contributed by atoms with van der Waals surface area (Å²) in [4.78, 5) is 17.5. The molecule has 0 aromatic heterocycles. The molecule has 4 heteroatoms. The smallest absolute Gasteiger partial charge is 0.324 e. The molecule has 0 radical (unpaired) electrons. The van der Waals surface area contributed by atoms with Gasteiger partial charge in [-0.2, -0.15) is 0 Å². The third kappa shape index (κ3) is 1.82. The first-order valence-corrected chi connectivity index (χ1v) is 5.23. The van der Waals surface area contributed by atoms with Crippen LogP contribution in [-0.2, 0) is 4.57 Å². The summed E-state index contributed by atoms with van der Waals surface area (Å²) < 4.78 is 10.7. The quantitative estimate of drug-likeness (QED) is 0.575. The van der Waals surface area contributed by atoms with E-state index in [9.17, 15) is 4.57 Å². The van der Waals surface area contributed by atoms with Crippen molar-refractivity contribution in [1.29, 1.82) is 0 Å². The maximum absolute atomic E-state index is 10.7. The molecule has 1 saturated carbocycles. The van der Waals surface area contributed by atoms with Gasteiger partial charge in [0.2, 0.25) is 0 Å². The summed E-state index contributed by atoms with van der Waals surface area (Å²) in [7, 11) is -3.75. The molecule has 10 heavy (non-hydrogen) atoms. The molecule has 3 nitrogen and oxygen atoms in total. The van der Waals surface area contributed by atoms with E-state index in [0.717, 1.165) is 6.42 Å². The van der Waals surface area contributed by atoms with Gasteiger partial charge >= 0.3 is 7.60 Å². The molecule has 1 rings (SSSR count). The van der Waals surface area contributed by atoms with Crippen molar-refractivity contribution in [3.05, 3.63) is 0 Å². The van der Waals surface area contributed by atoms with Gasteiger partial charge in [-0.3, -0.25) is 4.57 Å². The van der Waals surface area contributed by atoms with Gasteiger partial charge in [0.25, 0.3) is 0 Å². The first-order valence-electron chi connectivity index (χ1n) is 3.55. The molecular weight excluding hydrogens is 151 g/mol. The van der Waals surface area contributed by atoms with E-state index in [4.69, 9.17) is 9.79 Å². The van der Waals surface area contributed by atoms with Gasteiger partial charge < -0.3 is 9.79 Å². The number of rotatable bonds is 1. The van der Waals surface area contributed by atoms with E-state index in [0.29, 0.717) is 18.8 Å². The van der Waals surface area contributed by atoms with E-state index in [1.54, 1.807) is 0 Å². The molecule has 0 aliphatic heterocycles. The largest absolute Gasteiger partial charge is 0.328 e. The summed E-state index contributed by atoms with van der Waals surface area (Å²) >= 11 is 0. The minimum Gasteiger partial charge on any atom is -0.324 e. The molecule has 0 aromatic rings. The zero-order valence-corrected chi connectivity index (χ0v) is 6.92. The Morgan fingerprint density at radius 1 is 1.40 bits per heavy atom. The Morgan fingerprint density at radius 3 is 2.20 bits per heavy atom. The topological polar surface area (TPSA) is 57.5 Å². The van der Waals surface area contributed by atoms with Crippen LogP contribution in [-0.4, -0.2) is 15.4 Å². The number of hydrogen-bond donors (Lipinski definition) is 2. The second-order valence-electron chi connectivity index (χ2n) is 3.16. The molecule has 0 heterocycles. The normalized spacial score (nSPS) is 34.7. The third-order valence-electron chi connectivity index (χ3n) is 2.14. The lowest BCUT2D eigenvalue weighted by atomic mass is 10.1. The molecule has 1 aliphatic rings. The molecule has 1 aliphatic carbocycles. The Bertz CT molecular complexity index is 162. The van der Waals surface area contributed by atoms with Crippen molar-refractivity contribution in [2.24, 2.45) is 5.92 Å². The highest BCUT2D eigenvalue weighted by atomic mass is 31.2. The van der Waals surface area contributed by atoms with Gasteiger partial charge in [-0.05, 0) is 25.2 Å². The molecule has 2 atom stereocenters. The Morgan fingerprint density at radius 2 is 2.00 bits per heavy atom. The Kier molecular flexibility index (Phi) is 2.18. The molecule has 2 unspecified atom stereocenters. The van der Waals surface area contributed by atoms with Crippen LogP contribution in [0, 0.1) is 5.92 Å². The van der Waals surface area contributed by atoms with Crippen molar-refractivity contribution in [2.75, 3.05) is 0 Å². The van der Waals surface area contributed by atoms with Crippen LogP contribution in [0.2, 0.25) is 0 Å². The highest BCUT2D eigenvalue weighted by Gasteiger charge is 2.34. The highest BCUT2D eigenvalue weighted by Crippen LogP contribution is 2.50. The fourth-order valence-corrected chi connectivity index (χ4v) is 2.60. The first-order chi connectivity index (χ1) is 4.50. The Hall–Kier alpha value is 0.150. The van der Waals surface area contributed by atoms with E-state index in [2.05, 4.69) is 0 Å². The lowest BCUT2D eigenvalue weighted by Gasteiger charge is -2.10. The van der Waals surface area contributed by atoms with Crippen LogP contribution in [0.4, 0.5) is 0 Å². The monoisotopic (exact) mass is 164 g/mol. The Balaban J connectivity index is 2.53. The molecule has 0 spiro atoms. The lowest BCUT2D eigenvalue weighted by molar-refractivity contribution is 0.356. The standard InChI is InChI=1S/C6H13O3P/c1-5-2-3-6(4-5)10(7,8)9/h5-6H,2-4H2,1H3,(H2,7,8,9). The summed E-state index contributed by atoms with van der Waals surface area (Å²) in [5.41, 5.74) is -0.345. The second-order valence-corrected chi connectivity index (χ2v) is 5.07. The van der Waals surface area contributed by atoms with E-state index in [-0.39, 0.29) is 5.66 Å². The van der Waals surface area contributed by atoms with E-state index in [1.807, 2.05) is 6.92 Å². The molecular formula is C6H13O3P. The van der Waals surface area contributed by atoms with Crippen LogP contribution >= 0.6 is 7.60 Å². The van der Waals surface area contributed by atoms with Gasteiger partial charge in [0.05, 0.1) is 5.66 Å². The minimum atomic E-state index is -3.75. The fraction of sp³-hybridized carbons (Fsp3) is 1.00. The summed E-state index contributed by atoms with van der Waals surface area (Å²) in [6, 6.07) is 0. The zero-order valence-electron chi connectivity index (χ0n) is 6.03. The summed E-state index contributed by atoms with van der Waals surface area (Å²) in [6.45, 7) is 2.04. The van der Waals surface area contributed by atoms with Gasteiger partial charge in [-0.15, -0.1) is 0 Å². The number of hydrogen-bond acceptors (Lipinski definition) is 1. The predicted molar refractivity (Wildman–Crippen MR) is 38.8 cm³/mol. The fourth-order valence-electron chi connectivity index (χ4n) is 1.48. The van der Waals surface area contributed by atoms with Crippen molar-refractivity contribution < 1.29 is 14.4 Å². The van der Waals surface area contributed by atoms with Gasteiger partial charge in [-0.25, -0.2) is 0 Å². The molecule has 60 valence electrons. The van der Waals surface area contributed by atoms with Crippen LogP contribution in [0.15, 0.2) is 0 Å². The van der Waals surface area contributed by atoms with E-state index in [1.165, 1.54) is 0 Å². The molecule has 0 saturated heterocycles. The minimum absolute atomic E-state index is 0.345. The first kappa shape index (κ1) is 8.25. The highest BCUT2D eigenvalue weighted by molar-refractivity contribution is 7.52. The van der Waals surface area contributed by atoms with Gasteiger partial charge in [0.1, 0.15) is 0 Å². The van der Waals surface area contributed by atoms with Crippen LogP contribution in [0.3, 0.4) is 0 Å². The second kappa shape index (κ2) is 2.65. The molecule has 2 N–H and O–H groups in total. The van der Waals surface area contributed by atoms with E-state index < -0.39 is 7.60 Å². The van der Waals surface area contributed by atoms with Crippen molar-refractivity contribution in [3.63, 3.8) is 0 Å². The van der Waals surface area contributed by atoms with Crippen LogP contribution in [0.1, 0.15) is 26.2 Å². The van der Waals surface area contributed by atoms with Crippen molar-refractivity contribution in [2.45, 2.75) is 31.8 Å². The van der Waals surface area contributed by atoms with Crippen molar-refractivity contribution in [3.8, 4) is 0 Å². The van der Waals surface area contributed by atoms with Crippen molar-refractivity contribution in [1.82, 2.24) is 0 Å².